The predicted molar refractivity (Wildman–Crippen MR) is 110 cm³/mol. The molecule has 29 heavy (non-hydrogen) atoms. The smallest absolute Gasteiger partial charge is 0.293 e. The molecule has 3 aromatic rings. The number of fused-ring (bicyclic) bond motifs is 1. The molecular weight excluding hydrogens is 394 g/mol. The number of nitrogens with zero attached hydrogens (tertiary/aromatic N) is 3. The molecular formula is C19H21N5O4S. The Morgan fingerprint density at radius 1 is 1.21 bits per heavy atom. The van der Waals surface area contributed by atoms with Crippen molar-refractivity contribution in [3.8, 4) is 0 Å². The van der Waals surface area contributed by atoms with Gasteiger partial charge in [0.25, 0.3) is 5.69 Å². The molecule has 0 amide bonds. The normalized spacial score (nSPS) is 15.7. The lowest BCUT2D eigenvalue weighted by Gasteiger charge is -2.32. The zero-order valence-corrected chi connectivity index (χ0v) is 16.6. The Hall–Kier alpha value is -2.98. The lowest BCUT2D eigenvalue weighted by Crippen LogP contribution is -2.33. The molecule has 2 N–H and O–H groups in total. The average Bonchev–Trinajstić information content (AvgIpc) is 3.17. The minimum absolute atomic E-state index is 0.118. The minimum Gasteiger partial charge on any atom is -0.366 e. The number of benzene rings is 2. The van der Waals surface area contributed by atoms with Gasteiger partial charge in [-0.15, -0.1) is 0 Å². The molecule has 152 valence electrons. The Kier molecular flexibility index (Phi) is 4.97. The van der Waals surface area contributed by atoms with E-state index in [1.807, 2.05) is 29.2 Å². The van der Waals surface area contributed by atoms with Crippen molar-refractivity contribution in [1.29, 1.82) is 0 Å². The van der Waals surface area contributed by atoms with Crippen molar-refractivity contribution in [2.45, 2.75) is 23.7 Å². The van der Waals surface area contributed by atoms with Crippen LogP contribution in [0.2, 0.25) is 0 Å². The van der Waals surface area contributed by atoms with Crippen LogP contribution in [0.3, 0.4) is 0 Å². The molecule has 1 aromatic heterocycles. The minimum atomic E-state index is -3.74. The van der Waals surface area contributed by atoms with Crippen molar-refractivity contribution in [3.63, 3.8) is 0 Å². The van der Waals surface area contributed by atoms with Crippen molar-refractivity contribution >= 4 is 32.4 Å². The monoisotopic (exact) mass is 415 g/mol. The van der Waals surface area contributed by atoms with Gasteiger partial charge in [-0.25, -0.2) is 18.1 Å². The number of H-pyrrole nitrogens is 1. The van der Waals surface area contributed by atoms with Gasteiger partial charge >= 0.3 is 0 Å². The maximum absolute atomic E-state index is 12.0. The summed E-state index contributed by atoms with van der Waals surface area (Å²) in [7, 11) is -2.47. The molecule has 0 bridgehead atoms. The summed E-state index contributed by atoms with van der Waals surface area (Å²) in [6, 6.07) is 11.9. The number of nitro benzene ring substituents is 1. The van der Waals surface area contributed by atoms with Crippen molar-refractivity contribution in [1.82, 2.24) is 14.7 Å². The molecule has 0 saturated carbocycles. The summed E-state index contributed by atoms with van der Waals surface area (Å²) in [5.74, 6) is 1.19. The number of anilines is 1. The lowest BCUT2D eigenvalue weighted by molar-refractivity contribution is -0.384. The molecule has 0 spiro atoms. The fourth-order valence-electron chi connectivity index (χ4n) is 3.76. The number of hydrogen-bond acceptors (Lipinski definition) is 6. The van der Waals surface area contributed by atoms with Crippen LogP contribution in [-0.4, -0.2) is 43.4 Å². The van der Waals surface area contributed by atoms with Crippen LogP contribution in [0.4, 0.5) is 11.4 Å². The van der Waals surface area contributed by atoms with Gasteiger partial charge in [0.2, 0.25) is 10.0 Å². The third-order valence-electron chi connectivity index (χ3n) is 5.35. The van der Waals surface area contributed by atoms with Gasteiger partial charge in [-0.1, -0.05) is 12.1 Å². The molecule has 1 fully saturated rings. The number of aromatic nitrogens is 2. The number of hydrogen-bond donors (Lipinski definition) is 2. The van der Waals surface area contributed by atoms with Gasteiger partial charge in [0.15, 0.2) is 0 Å². The van der Waals surface area contributed by atoms with Gasteiger partial charge in [-0.3, -0.25) is 10.1 Å². The fourth-order valence-corrected chi connectivity index (χ4v) is 4.51. The summed E-state index contributed by atoms with van der Waals surface area (Å²) in [6.07, 6.45) is 1.60. The maximum Gasteiger partial charge on any atom is 0.293 e. The van der Waals surface area contributed by atoms with E-state index in [2.05, 4.69) is 14.7 Å². The van der Waals surface area contributed by atoms with Crippen LogP contribution in [-0.2, 0) is 10.0 Å². The average molecular weight is 415 g/mol. The highest BCUT2D eigenvalue weighted by atomic mass is 32.2. The van der Waals surface area contributed by atoms with Crippen molar-refractivity contribution in [2.75, 3.05) is 25.0 Å². The molecule has 4 rings (SSSR count). The van der Waals surface area contributed by atoms with Crippen molar-refractivity contribution < 1.29 is 13.3 Å². The zero-order chi connectivity index (χ0) is 20.6. The summed E-state index contributed by atoms with van der Waals surface area (Å²) in [5, 5.41) is 11.6. The van der Waals surface area contributed by atoms with Gasteiger partial charge < -0.3 is 9.88 Å². The molecule has 0 unspecified atom stereocenters. The summed E-state index contributed by atoms with van der Waals surface area (Å²) < 4.78 is 26.1. The largest absolute Gasteiger partial charge is 0.366 e. The SMILES string of the molecule is CNS(=O)(=O)c1ccc(N2CCC(c3nc4ccccc4[nH]3)CC2)c([N+](=O)[O-])c1. The fraction of sp³-hybridized carbons (Fsp3) is 0.316. The summed E-state index contributed by atoms with van der Waals surface area (Å²) in [4.78, 5) is 20.9. The summed E-state index contributed by atoms with van der Waals surface area (Å²) in [5.41, 5.74) is 2.17. The van der Waals surface area contributed by atoms with E-state index in [1.54, 1.807) is 0 Å². The number of nitro groups is 1. The molecule has 2 heterocycles. The van der Waals surface area contributed by atoms with Crippen LogP contribution in [0.15, 0.2) is 47.4 Å². The molecule has 1 aliphatic rings. The van der Waals surface area contributed by atoms with Gasteiger partial charge in [0.05, 0.1) is 20.9 Å². The predicted octanol–water partition coefficient (Wildman–Crippen LogP) is 2.76. The van der Waals surface area contributed by atoms with Crippen LogP contribution in [0.1, 0.15) is 24.6 Å². The number of aromatic amines is 1. The number of imidazole rings is 1. The Balaban J connectivity index is 1.55. The van der Waals surface area contributed by atoms with Crippen LogP contribution < -0.4 is 9.62 Å². The molecule has 1 aliphatic heterocycles. The topological polar surface area (TPSA) is 121 Å². The number of piperidine rings is 1. The van der Waals surface area contributed by atoms with E-state index in [0.717, 1.165) is 35.8 Å². The third kappa shape index (κ3) is 3.68. The Labute approximate surface area is 168 Å². The number of sulfonamides is 1. The second-order valence-electron chi connectivity index (χ2n) is 7.02. The molecule has 0 atom stereocenters. The molecule has 0 aliphatic carbocycles. The van der Waals surface area contributed by atoms with Crippen molar-refractivity contribution in [3.05, 3.63) is 58.4 Å². The van der Waals surface area contributed by atoms with Gasteiger partial charge in [0.1, 0.15) is 11.5 Å². The van der Waals surface area contributed by atoms with Gasteiger partial charge in [-0.2, -0.15) is 0 Å². The number of nitrogens with one attached hydrogen (secondary N) is 2. The standard InChI is InChI=1S/C19H21N5O4S/c1-20-29(27,28)14-6-7-17(18(12-14)24(25)26)23-10-8-13(9-11-23)19-21-15-4-2-3-5-16(15)22-19/h2-7,12-13,20H,8-11H2,1H3,(H,21,22). The second-order valence-corrected chi connectivity index (χ2v) is 8.90. The Morgan fingerprint density at radius 3 is 2.59 bits per heavy atom. The first kappa shape index (κ1) is 19.3. The molecule has 2 aromatic carbocycles. The van der Waals surface area contributed by atoms with E-state index < -0.39 is 14.9 Å². The summed E-state index contributed by atoms with van der Waals surface area (Å²) >= 11 is 0. The first-order valence-corrected chi connectivity index (χ1v) is 10.8. The molecule has 9 nitrogen and oxygen atoms in total. The Morgan fingerprint density at radius 2 is 1.93 bits per heavy atom. The first-order valence-electron chi connectivity index (χ1n) is 9.30. The highest BCUT2D eigenvalue weighted by Crippen LogP contribution is 2.35. The highest BCUT2D eigenvalue weighted by Gasteiger charge is 2.28. The van der Waals surface area contributed by atoms with E-state index in [0.29, 0.717) is 18.8 Å². The van der Waals surface area contributed by atoms with E-state index in [9.17, 15) is 18.5 Å². The second kappa shape index (κ2) is 7.45. The van der Waals surface area contributed by atoms with Crippen LogP contribution >= 0.6 is 0 Å². The van der Waals surface area contributed by atoms with E-state index in [4.69, 9.17) is 0 Å². The maximum atomic E-state index is 12.0. The van der Waals surface area contributed by atoms with Crippen LogP contribution in [0.25, 0.3) is 11.0 Å². The molecule has 0 radical (unpaired) electrons. The summed E-state index contributed by atoms with van der Waals surface area (Å²) in [6.45, 7) is 1.25. The van der Waals surface area contributed by atoms with E-state index in [-0.39, 0.29) is 16.5 Å². The lowest BCUT2D eigenvalue weighted by atomic mass is 9.95. The van der Waals surface area contributed by atoms with Gasteiger partial charge in [-0.05, 0) is 44.2 Å². The quantitative estimate of drug-likeness (QED) is 0.488. The van der Waals surface area contributed by atoms with Crippen molar-refractivity contribution in [2.24, 2.45) is 0 Å². The van der Waals surface area contributed by atoms with Crippen LogP contribution in [0, 0.1) is 10.1 Å². The van der Waals surface area contributed by atoms with E-state index >= 15 is 0 Å². The number of para-hydroxylation sites is 2. The first-order chi connectivity index (χ1) is 13.9. The molecule has 10 heteroatoms. The highest BCUT2D eigenvalue weighted by molar-refractivity contribution is 7.89. The van der Waals surface area contributed by atoms with Crippen LogP contribution in [0.5, 0.6) is 0 Å². The van der Waals surface area contributed by atoms with Gasteiger partial charge in [0, 0.05) is 25.1 Å². The number of rotatable bonds is 5. The molecule has 1 saturated heterocycles. The Bertz CT molecular complexity index is 1130. The third-order valence-corrected chi connectivity index (χ3v) is 6.76. The van der Waals surface area contributed by atoms with E-state index in [1.165, 1.54) is 19.2 Å². The zero-order valence-electron chi connectivity index (χ0n) is 15.8.